The van der Waals surface area contributed by atoms with E-state index in [0.29, 0.717) is 6.42 Å². The Balaban J connectivity index is 1.62. The van der Waals surface area contributed by atoms with Crippen LogP contribution in [-0.4, -0.2) is 27.8 Å². The van der Waals surface area contributed by atoms with Crippen LogP contribution in [0.15, 0.2) is 12.4 Å². The molecule has 2 fully saturated rings. The zero-order chi connectivity index (χ0) is 13.9. The van der Waals surface area contributed by atoms with Crippen molar-refractivity contribution in [3.05, 3.63) is 18.2 Å². The number of nitrogens with one attached hydrogen (secondary N) is 1. The van der Waals surface area contributed by atoms with Crippen molar-refractivity contribution in [1.29, 1.82) is 0 Å². The molecule has 1 aliphatic carbocycles. The van der Waals surface area contributed by atoms with Crippen LogP contribution in [0.4, 0.5) is 4.79 Å². The minimum atomic E-state index is -0.273. The van der Waals surface area contributed by atoms with Crippen LogP contribution in [0.3, 0.4) is 0 Å². The van der Waals surface area contributed by atoms with E-state index in [2.05, 4.69) is 10.3 Å². The molecule has 3 rings (SSSR count). The maximum Gasteiger partial charge on any atom is 0.407 e. The number of nitrogens with zero attached hydrogens (tertiary/aromatic N) is 2. The molecule has 1 N–H and O–H groups in total. The van der Waals surface area contributed by atoms with Crippen LogP contribution in [0.25, 0.3) is 0 Å². The van der Waals surface area contributed by atoms with E-state index >= 15 is 0 Å². The van der Waals surface area contributed by atoms with Gasteiger partial charge in [-0.3, -0.25) is 0 Å². The van der Waals surface area contributed by atoms with Crippen LogP contribution in [0.5, 0.6) is 0 Å². The molecule has 110 valence electrons. The molecule has 0 aromatic carbocycles. The Kier molecular flexibility index (Phi) is 3.94. The van der Waals surface area contributed by atoms with Gasteiger partial charge in [-0.2, -0.15) is 0 Å². The Labute approximate surface area is 119 Å². The first-order valence-corrected chi connectivity index (χ1v) is 7.65. The number of aryl methyl sites for hydroxylation is 1. The van der Waals surface area contributed by atoms with Crippen molar-refractivity contribution in [1.82, 2.24) is 14.9 Å². The summed E-state index contributed by atoms with van der Waals surface area (Å²) in [5.74, 6) is 1.71. The van der Waals surface area contributed by atoms with Crippen LogP contribution in [0.1, 0.15) is 44.3 Å². The summed E-state index contributed by atoms with van der Waals surface area (Å²) in [5, 5.41) is 2.98. The van der Waals surface area contributed by atoms with Crippen molar-refractivity contribution in [2.24, 2.45) is 13.0 Å². The lowest BCUT2D eigenvalue weighted by molar-refractivity contribution is 0.124. The lowest BCUT2D eigenvalue weighted by Crippen LogP contribution is -2.35. The number of carbonyl (C=O) groups excluding carboxylic acids is 1. The monoisotopic (exact) mass is 277 g/mol. The normalized spacial score (nSPS) is 27.4. The Hall–Kier alpha value is -1.52. The van der Waals surface area contributed by atoms with Gasteiger partial charge in [0, 0.05) is 25.9 Å². The Morgan fingerprint density at radius 1 is 1.40 bits per heavy atom. The molecule has 2 aliphatic rings. The molecule has 2 unspecified atom stereocenters. The van der Waals surface area contributed by atoms with Gasteiger partial charge < -0.3 is 14.6 Å². The van der Waals surface area contributed by atoms with Gasteiger partial charge in [-0.25, -0.2) is 9.78 Å². The average Bonchev–Trinajstić information content (AvgIpc) is 2.98. The number of amides is 1. The van der Waals surface area contributed by atoms with Gasteiger partial charge in [-0.05, 0) is 12.3 Å². The van der Waals surface area contributed by atoms with E-state index in [1.807, 2.05) is 17.8 Å². The molecular weight excluding hydrogens is 254 g/mol. The highest BCUT2D eigenvalue weighted by Crippen LogP contribution is 2.30. The smallest absolute Gasteiger partial charge is 0.407 e. The highest BCUT2D eigenvalue weighted by Gasteiger charge is 2.36. The van der Waals surface area contributed by atoms with Crippen molar-refractivity contribution in [2.75, 3.05) is 0 Å². The highest BCUT2D eigenvalue weighted by atomic mass is 16.6. The summed E-state index contributed by atoms with van der Waals surface area (Å²) >= 11 is 0. The van der Waals surface area contributed by atoms with Crippen LogP contribution < -0.4 is 5.32 Å². The van der Waals surface area contributed by atoms with Crippen LogP contribution in [0, 0.1) is 5.92 Å². The molecule has 0 spiro atoms. The van der Waals surface area contributed by atoms with Crippen molar-refractivity contribution >= 4 is 6.09 Å². The first kappa shape index (κ1) is 13.5. The summed E-state index contributed by atoms with van der Waals surface area (Å²) in [5.41, 5.74) is 0. The van der Waals surface area contributed by atoms with Gasteiger partial charge in [0.25, 0.3) is 0 Å². The molecule has 1 amide bonds. The van der Waals surface area contributed by atoms with E-state index in [0.717, 1.165) is 18.2 Å². The lowest BCUT2D eigenvalue weighted by atomic mass is 9.83. The Morgan fingerprint density at radius 2 is 2.20 bits per heavy atom. The van der Waals surface area contributed by atoms with Crippen LogP contribution in [-0.2, 0) is 18.2 Å². The van der Waals surface area contributed by atoms with Gasteiger partial charge in [0.1, 0.15) is 11.9 Å². The topological polar surface area (TPSA) is 56.2 Å². The third-order valence-corrected chi connectivity index (χ3v) is 4.63. The van der Waals surface area contributed by atoms with E-state index in [-0.39, 0.29) is 18.2 Å². The van der Waals surface area contributed by atoms with Gasteiger partial charge in [-0.15, -0.1) is 0 Å². The van der Waals surface area contributed by atoms with Gasteiger partial charge in [0.15, 0.2) is 0 Å². The molecule has 2 atom stereocenters. The fourth-order valence-corrected chi connectivity index (χ4v) is 3.45. The molecule has 0 bridgehead atoms. The lowest BCUT2D eigenvalue weighted by Gasteiger charge is -2.26. The van der Waals surface area contributed by atoms with Gasteiger partial charge in [-0.1, -0.05) is 32.1 Å². The number of rotatable bonds is 4. The van der Waals surface area contributed by atoms with Gasteiger partial charge >= 0.3 is 6.09 Å². The fourth-order valence-electron chi connectivity index (χ4n) is 3.45. The van der Waals surface area contributed by atoms with Crippen molar-refractivity contribution < 1.29 is 9.53 Å². The number of hydrogen-bond acceptors (Lipinski definition) is 3. The minimum Gasteiger partial charge on any atom is -0.444 e. The molecule has 5 heteroatoms. The molecule has 1 aromatic heterocycles. The number of aromatic nitrogens is 2. The molecule has 1 saturated heterocycles. The second-order valence-corrected chi connectivity index (χ2v) is 6.09. The maximum atomic E-state index is 11.6. The third-order valence-electron chi connectivity index (χ3n) is 4.63. The zero-order valence-corrected chi connectivity index (χ0v) is 12.0. The standard InChI is InChI=1S/C15H23N3O2/c1-18-8-7-16-14(18)10-13-12(17-15(19)20-13)9-11-5-3-2-4-6-11/h7-8,11-13H,2-6,9-10H2,1H3,(H,17,19). The van der Waals surface area contributed by atoms with E-state index < -0.39 is 0 Å². The number of hydrogen-bond donors (Lipinski definition) is 1. The molecular formula is C15H23N3O2. The largest absolute Gasteiger partial charge is 0.444 e. The van der Waals surface area contributed by atoms with Crippen LogP contribution >= 0.6 is 0 Å². The molecule has 1 aromatic rings. The second-order valence-electron chi connectivity index (χ2n) is 6.09. The van der Waals surface area contributed by atoms with E-state index in [9.17, 15) is 4.79 Å². The summed E-state index contributed by atoms with van der Waals surface area (Å²) in [4.78, 5) is 15.9. The summed E-state index contributed by atoms with van der Waals surface area (Å²) in [6.45, 7) is 0. The summed E-state index contributed by atoms with van der Waals surface area (Å²) in [6, 6.07) is 0.141. The SMILES string of the molecule is Cn1ccnc1CC1OC(=O)NC1CC1CCCCC1. The predicted molar refractivity (Wildman–Crippen MR) is 75.3 cm³/mol. The molecule has 20 heavy (non-hydrogen) atoms. The first-order valence-electron chi connectivity index (χ1n) is 7.65. The number of ether oxygens (including phenoxy) is 1. The van der Waals surface area contributed by atoms with Crippen LogP contribution in [0.2, 0.25) is 0 Å². The van der Waals surface area contributed by atoms with Crippen molar-refractivity contribution in [2.45, 2.75) is 57.1 Å². The van der Waals surface area contributed by atoms with E-state index in [4.69, 9.17) is 4.74 Å². The summed E-state index contributed by atoms with van der Waals surface area (Å²) in [6.07, 6.45) is 11.7. The number of imidazole rings is 1. The summed E-state index contributed by atoms with van der Waals surface area (Å²) < 4.78 is 7.43. The number of alkyl carbamates (subject to hydrolysis) is 1. The van der Waals surface area contributed by atoms with Gasteiger partial charge in [0.05, 0.1) is 6.04 Å². The third kappa shape index (κ3) is 2.97. The zero-order valence-electron chi connectivity index (χ0n) is 12.0. The Morgan fingerprint density at radius 3 is 2.90 bits per heavy atom. The summed E-state index contributed by atoms with van der Waals surface area (Å²) in [7, 11) is 1.97. The van der Waals surface area contributed by atoms with Crippen molar-refractivity contribution in [3.63, 3.8) is 0 Å². The number of carbonyl (C=O) groups is 1. The second kappa shape index (κ2) is 5.85. The highest BCUT2D eigenvalue weighted by molar-refractivity contribution is 5.70. The van der Waals surface area contributed by atoms with E-state index in [1.54, 1.807) is 6.20 Å². The minimum absolute atomic E-state index is 0.0782. The average molecular weight is 277 g/mol. The first-order chi connectivity index (χ1) is 9.72. The quantitative estimate of drug-likeness (QED) is 0.919. The fraction of sp³-hybridized carbons (Fsp3) is 0.733. The molecule has 1 aliphatic heterocycles. The molecule has 2 heterocycles. The molecule has 1 saturated carbocycles. The molecule has 0 radical (unpaired) electrons. The van der Waals surface area contributed by atoms with Crippen molar-refractivity contribution in [3.8, 4) is 0 Å². The van der Waals surface area contributed by atoms with Gasteiger partial charge in [0.2, 0.25) is 0 Å². The van der Waals surface area contributed by atoms with E-state index in [1.165, 1.54) is 32.1 Å². The predicted octanol–water partition coefficient (Wildman–Crippen LogP) is 2.41. The maximum absolute atomic E-state index is 11.6. The Bertz CT molecular complexity index is 465. The number of cyclic esters (lactones) is 1. The molecule has 5 nitrogen and oxygen atoms in total.